The molecule has 0 spiro atoms. The van der Waals surface area contributed by atoms with Crippen LogP contribution in [-0.4, -0.2) is 23.7 Å². The zero-order valence-corrected chi connectivity index (χ0v) is 12.4. The number of fused-ring (bicyclic) bond motifs is 1. The van der Waals surface area contributed by atoms with Crippen molar-refractivity contribution in [1.29, 1.82) is 0 Å². The van der Waals surface area contributed by atoms with E-state index in [2.05, 4.69) is 0 Å². The molecule has 9 heteroatoms. The molecule has 0 aliphatic carbocycles. The lowest BCUT2D eigenvalue weighted by Crippen LogP contribution is -2.41. The number of carbonyl (C=O) groups is 1. The van der Waals surface area contributed by atoms with Crippen LogP contribution in [0.25, 0.3) is 11.1 Å². The molecule has 1 aliphatic rings. The summed E-state index contributed by atoms with van der Waals surface area (Å²) in [6, 6.07) is 5.13. The van der Waals surface area contributed by atoms with E-state index in [1.54, 1.807) is 0 Å². The van der Waals surface area contributed by atoms with Crippen molar-refractivity contribution in [3.8, 4) is 28.4 Å². The van der Waals surface area contributed by atoms with Gasteiger partial charge < -0.3 is 20.3 Å². The first-order valence-corrected chi connectivity index (χ1v) is 7.01. The summed E-state index contributed by atoms with van der Waals surface area (Å²) in [5.41, 5.74) is 3.38. The monoisotopic (exact) mass is 357 g/mol. The van der Waals surface area contributed by atoms with Crippen molar-refractivity contribution >= 4 is 5.91 Å². The van der Waals surface area contributed by atoms with Gasteiger partial charge in [-0.1, -0.05) is 18.2 Å². The van der Waals surface area contributed by atoms with Crippen molar-refractivity contribution in [2.45, 2.75) is 12.3 Å². The molecule has 0 fully saturated rings. The topological polar surface area (TPSA) is 81.8 Å². The van der Waals surface area contributed by atoms with E-state index >= 15 is 0 Å². The van der Waals surface area contributed by atoms with Gasteiger partial charge in [0.1, 0.15) is 6.61 Å². The fraction of sp³-hybridized carbons (Fsp3) is 0.188. The Kier molecular flexibility index (Phi) is 3.94. The Morgan fingerprint density at radius 3 is 2.52 bits per heavy atom. The predicted molar refractivity (Wildman–Crippen MR) is 77.6 cm³/mol. The maximum atomic E-state index is 14.0. The Balaban J connectivity index is 2.26. The maximum absolute atomic E-state index is 14.0. The number of nitrogens with two attached hydrogens (primary N) is 1. The second-order valence-electron chi connectivity index (χ2n) is 5.28. The molecule has 3 N–H and O–H groups in total. The van der Waals surface area contributed by atoms with Crippen LogP contribution in [-0.2, 0) is 11.0 Å². The van der Waals surface area contributed by atoms with Gasteiger partial charge in [-0.05, 0) is 17.7 Å². The molecule has 132 valence electrons. The number of carbonyl (C=O) groups excluding carboxylic acids is 1. The summed E-state index contributed by atoms with van der Waals surface area (Å²) in [6.07, 6.45) is -6.00. The highest BCUT2D eigenvalue weighted by molar-refractivity contribution is 5.83. The number of aromatic hydroxyl groups is 1. The molecule has 2 aromatic carbocycles. The van der Waals surface area contributed by atoms with Crippen LogP contribution >= 0.6 is 0 Å². The zero-order chi connectivity index (χ0) is 18.4. The van der Waals surface area contributed by atoms with Gasteiger partial charge >= 0.3 is 6.18 Å². The lowest BCUT2D eigenvalue weighted by atomic mass is 9.97. The van der Waals surface area contributed by atoms with Crippen molar-refractivity contribution in [3.05, 3.63) is 41.7 Å². The molecule has 1 atom stereocenters. The van der Waals surface area contributed by atoms with E-state index in [4.69, 9.17) is 15.2 Å². The molecule has 25 heavy (non-hydrogen) atoms. The molecule has 5 nitrogen and oxygen atoms in total. The van der Waals surface area contributed by atoms with E-state index in [9.17, 15) is 27.5 Å². The van der Waals surface area contributed by atoms with E-state index in [1.165, 1.54) is 12.1 Å². The highest BCUT2D eigenvalue weighted by Crippen LogP contribution is 2.50. The van der Waals surface area contributed by atoms with Gasteiger partial charge in [0.15, 0.2) is 17.3 Å². The Labute approximate surface area is 138 Å². The van der Waals surface area contributed by atoms with E-state index in [0.29, 0.717) is 6.07 Å². The Hall–Kier alpha value is -2.97. The van der Waals surface area contributed by atoms with Gasteiger partial charge in [0.2, 0.25) is 11.9 Å². The van der Waals surface area contributed by atoms with Gasteiger partial charge in [0, 0.05) is 5.56 Å². The first-order chi connectivity index (χ1) is 11.7. The summed E-state index contributed by atoms with van der Waals surface area (Å²) in [5.74, 6) is -3.89. The number of benzene rings is 2. The lowest BCUT2D eigenvalue weighted by Gasteiger charge is -2.27. The molecular weight excluding hydrogens is 346 g/mol. The van der Waals surface area contributed by atoms with Crippen LogP contribution in [0.3, 0.4) is 0 Å². The summed E-state index contributed by atoms with van der Waals surface area (Å²) in [4.78, 5) is 11.3. The SMILES string of the molecule is NC(=O)[C@H]1COc2c(O)c(F)cc(-c3ccccc3C(F)(F)F)c2O1. The number of phenols is 1. The Morgan fingerprint density at radius 1 is 1.20 bits per heavy atom. The average Bonchev–Trinajstić information content (AvgIpc) is 2.57. The largest absolute Gasteiger partial charge is 0.502 e. The van der Waals surface area contributed by atoms with Gasteiger partial charge in [0.25, 0.3) is 5.91 Å². The summed E-state index contributed by atoms with van der Waals surface area (Å²) < 4.78 is 64.2. The van der Waals surface area contributed by atoms with Crippen LogP contribution in [0, 0.1) is 5.82 Å². The number of amides is 1. The third-order valence-electron chi connectivity index (χ3n) is 3.64. The second kappa shape index (κ2) is 5.83. The van der Waals surface area contributed by atoms with E-state index in [1.807, 2.05) is 0 Å². The minimum Gasteiger partial charge on any atom is -0.502 e. The number of ether oxygens (including phenoxy) is 2. The molecule has 0 saturated heterocycles. The van der Waals surface area contributed by atoms with E-state index in [0.717, 1.165) is 12.1 Å². The molecule has 1 heterocycles. The van der Waals surface area contributed by atoms with Crippen LogP contribution in [0.1, 0.15) is 5.56 Å². The van der Waals surface area contributed by atoms with Gasteiger partial charge in [-0.15, -0.1) is 0 Å². The van der Waals surface area contributed by atoms with Crippen molar-refractivity contribution < 1.29 is 36.9 Å². The first-order valence-electron chi connectivity index (χ1n) is 7.01. The van der Waals surface area contributed by atoms with Crippen LogP contribution in [0.5, 0.6) is 17.2 Å². The number of primary amides is 1. The molecule has 0 unspecified atom stereocenters. The summed E-state index contributed by atoms with van der Waals surface area (Å²) in [5, 5.41) is 9.75. The average molecular weight is 357 g/mol. The Morgan fingerprint density at radius 2 is 1.88 bits per heavy atom. The second-order valence-corrected chi connectivity index (χ2v) is 5.28. The molecule has 2 aromatic rings. The highest BCUT2D eigenvalue weighted by Gasteiger charge is 2.37. The van der Waals surface area contributed by atoms with Gasteiger partial charge in [-0.25, -0.2) is 4.39 Å². The standard InChI is InChI=1S/C16H11F4NO4/c17-10-5-8(7-3-1-2-4-9(7)16(18,19)20)13-14(12(10)22)24-6-11(25-13)15(21)23/h1-5,11,22H,6H2,(H2,21,23)/t11-/m1/s1. The molecule has 0 radical (unpaired) electrons. The van der Waals surface area contributed by atoms with Crippen LogP contribution in [0.4, 0.5) is 17.6 Å². The van der Waals surface area contributed by atoms with E-state index in [-0.39, 0.29) is 16.9 Å². The predicted octanol–water partition coefficient (Wildman–Crippen LogP) is 2.84. The van der Waals surface area contributed by atoms with Crippen LogP contribution in [0.2, 0.25) is 0 Å². The lowest BCUT2D eigenvalue weighted by molar-refractivity contribution is -0.137. The molecule has 0 bridgehead atoms. The number of phenolic OH excluding ortho intramolecular Hbond substituents is 1. The molecular formula is C16H11F4NO4. The summed E-state index contributed by atoms with van der Waals surface area (Å²) in [6.45, 7) is -0.403. The third-order valence-corrected chi connectivity index (χ3v) is 3.64. The number of hydrogen-bond donors (Lipinski definition) is 2. The maximum Gasteiger partial charge on any atom is 0.417 e. The van der Waals surface area contributed by atoms with Gasteiger partial charge in [0.05, 0.1) is 5.56 Å². The molecule has 0 saturated carbocycles. The zero-order valence-electron chi connectivity index (χ0n) is 12.4. The number of alkyl halides is 3. The first kappa shape index (κ1) is 16.9. The molecule has 1 aliphatic heterocycles. The Bertz CT molecular complexity index is 851. The fourth-order valence-corrected chi connectivity index (χ4v) is 2.49. The van der Waals surface area contributed by atoms with Crippen LogP contribution < -0.4 is 15.2 Å². The molecule has 1 amide bonds. The quantitative estimate of drug-likeness (QED) is 0.810. The minimum atomic E-state index is -4.71. The van der Waals surface area contributed by atoms with Gasteiger partial charge in [-0.2, -0.15) is 13.2 Å². The van der Waals surface area contributed by atoms with E-state index < -0.39 is 47.7 Å². The minimum absolute atomic E-state index is 0.316. The fourth-order valence-electron chi connectivity index (χ4n) is 2.49. The van der Waals surface area contributed by atoms with Crippen molar-refractivity contribution in [2.24, 2.45) is 5.73 Å². The highest BCUT2D eigenvalue weighted by atomic mass is 19.4. The van der Waals surface area contributed by atoms with Gasteiger partial charge in [-0.3, -0.25) is 4.79 Å². The van der Waals surface area contributed by atoms with Crippen molar-refractivity contribution in [1.82, 2.24) is 0 Å². The smallest absolute Gasteiger partial charge is 0.417 e. The van der Waals surface area contributed by atoms with Crippen LogP contribution in [0.15, 0.2) is 30.3 Å². The van der Waals surface area contributed by atoms with Crippen molar-refractivity contribution in [2.75, 3.05) is 6.61 Å². The third kappa shape index (κ3) is 2.92. The number of halogens is 4. The molecule has 3 rings (SSSR count). The van der Waals surface area contributed by atoms with Crippen molar-refractivity contribution in [3.63, 3.8) is 0 Å². The normalized spacial score (nSPS) is 16.6. The summed E-state index contributed by atoms with van der Waals surface area (Å²) in [7, 11) is 0. The molecule has 0 aromatic heterocycles. The number of hydrogen-bond acceptors (Lipinski definition) is 4. The number of rotatable bonds is 2. The summed E-state index contributed by atoms with van der Waals surface area (Å²) >= 11 is 0.